The SMILES string of the molecule is Cc1nc(C(=O)N2CC[C@H](c3ccc4c(c3)OCO4)[C@@H](O)C2)c(C)o1. The van der Waals surface area contributed by atoms with E-state index in [1.54, 1.807) is 18.7 Å². The zero-order chi connectivity index (χ0) is 17.6. The molecule has 0 radical (unpaired) electrons. The Bertz CT molecular complexity index is 816. The number of amides is 1. The molecule has 1 amide bonds. The number of hydrogen-bond acceptors (Lipinski definition) is 6. The second-order valence-electron chi connectivity index (χ2n) is 6.46. The number of ether oxygens (including phenoxy) is 2. The number of rotatable bonds is 2. The van der Waals surface area contributed by atoms with Crippen LogP contribution < -0.4 is 9.47 Å². The van der Waals surface area contributed by atoms with E-state index >= 15 is 0 Å². The molecule has 132 valence electrons. The molecule has 1 saturated heterocycles. The van der Waals surface area contributed by atoms with Crippen molar-refractivity contribution >= 4 is 5.91 Å². The lowest BCUT2D eigenvalue weighted by Gasteiger charge is -2.36. The summed E-state index contributed by atoms with van der Waals surface area (Å²) in [7, 11) is 0. The Morgan fingerprint density at radius 1 is 1.28 bits per heavy atom. The highest BCUT2D eigenvalue weighted by molar-refractivity contribution is 5.93. The lowest BCUT2D eigenvalue weighted by molar-refractivity contribution is 0.0376. The van der Waals surface area contributed by atoms with Gasteiger partial charge in [-0.15, -0.1) is 0 Å². The second kappa shape index (κ2) is 6.07. The van der Waals surface area contributed by atoms with Gasteiger partial charge in [-0.2, -0.15) is 0 Å². The summed E-state index contributed by atoms with van der Waals surface area (Å²) < 4.78 is 16.1. The van der Waals surface area contributed by atoms with Crippen LogP contribution in [0.15, 0.2) is 22.6 Å². The minimum atomic E-state index is -0.647. The highest BCUT2D eigenvalue weighted by atomic mass is 16.7. The van der Waals surface area contributed by atoms with Gasteiger partial charge < -0.3 is 23.9 Å². The van der Waals surface area contributed by atoms with E-state index in [2.05, 4.69) is 4.98 Å². The van der Waals surface area contributed by atoms with Crippen LogP contribution in [0.1, 0.15) is 40.0 Å². The number of carbonyl (C=O) groups is 1. The summed E-state index contributed by atoms with van der Waals surface area (Å²) in [4.78, 5) is 18.4. The van der Waals surface area contributed by atoms with Crippen molar-refractivity contribution in [3.63, 3.8) is 0 Å². The molecule has 2 aromatic rings. The zero-order valence-corrected chi connectivity index (χ0v) is 14.2. The Hall–Kier alpha value is -2.54. The van der Waals surface area contributed by atoms with E-state index in [9.17, 15) is 9.90 Å². The maximum absolute atomic E-state index is 12.6. The number of oxazole rings is 1. The number of carbonyl (C=O) groups excluding carboxylic acids is 1. The Kier molecular flexibility index (Phi) is 3.88. The summed E-state index contributed by atoms with van der Waals surface area (Å²) in [6.45, 7) is 4.49. The van der Waals surface area contributed by atoms with Gasteiger partial charge in [-0.1, -0.05) is 6.07 Å². The minimum absolute atomic E-state index is 0.0429. The fourth-order valence-electron chi connectivity index (χ4n) is 3.53. The average Bonchev–Trinajstić information content (AvgIpc) is 3.19. The normalized spacial score (nSPS) is 22.3. The molecule has 7 nitrogen and oxygen atoms in total. The third-order valence-corrected chi connectivity index (χ3v) is 4.80. The van der Waals surface area contributed by atoms with Gasteiger partial charge in [0.25, 0.3) is 5.91 Å². The first-order chi connectivity index (χ1) is 12.0. The Morgan fingerprint density at radius 3 is 2.80 bits per heavy atom. The summed E-state index contributed by atoms with van der Waals surface area (Å²) in [5, 5.41) is 10.6. The third-order valence-electron chi connectivity index (χ3n) is 4.80. The Balaban J connectivity index is 1.49. The number of hydrogen-bond donors (Lipinski definition) is 1. The van der Waals surface area contributed by atoms with Crippen molar-refractivity contribution in [2.75, 3.05) is 19.9 Å². The number of aliphatic hydroxyl groups is 1. The van der Waals surface area contributed by atoms with Crippen molar-refractivity contribution in [2.45, 2.75) is 32.3 Å². The van der Waals surface area contributed by atoms with E-state index in [0.29, 0.717) is 36.1 Å². The van der Waals surface area contributed by atoms with E-state index in [4.69, 9.17) is 13.9 Å². The molecule has 0 aliphatic carbocycles. The van der Waals surface area contributed by atoms with Gasteiger partial charge in [-0.05, 0) is 31.0 Å². The number of β-amino-alcohol motifs (C(OH)–C–C–N with tert-alkyl or cyclic N) is 1. The predicted octanol–water partition coefficient (Wildman–Crippen LogP) is 2.01. The first kappa shape index (κ1) is 16.0. The molecule has 1 aromatic heterocycles. The summed E-state index contributed by atoms with van der Waals surface area (Å²) >= 11 is 0. The number of likely N-dealkylation sites (tertiary alicyclic amines) is 1. The molecule has 2 aliphatic heterocycles. The first-order valence-corrected chi connectivity index (χ1v) is 8.34. The first-order valence-electron chi connectivity index (χ1n) is 8.34. The van der Waals surface area contributed by atoms with Crippen molar-refractivity contribution in [1.29, 1.82) is 0 Å². The molecule has 2 aliphatic rings. The number of benzene rings is 1. The molecule has 0 saturated carbocycles. The number of piperidine rings is 1. The molecule has 3 heterocycles. The van der Waals surface area contributed by atoms with E-state index in [0.717, 1.165) is 11.3 Å². The predicted molar refractivity (Wildman–Crippen MR) is 87.8 cm³/mol. The molecule has 0 spiro atoms. The summed E-state index contributed by atoms with van der Waals surface area (Å²) in [6, 6.07) is 5.73. The van der Waals surface area contributed by atoms with Crippen LogP contribution in [-0.2, 0) is 0 Å². The lowest BCUT2D eigenvalue weighted by atomic mass is 9.86. The highest BCUT2D eigenvalue weighted by Gasteiger charge is 2.33. The second-order valence-corrected chi connectivity index (χ2v) is 6.46. The molecular weight excluding hydrogens is 324 g/mol. The van der Waals surface area contributed by atoms with Crippen LogP contribution in [0.4, 0.5) is 0 Å². The smallest absolute Gasteiger partial charge is 0.276 e. The highest BCUT2D eigenvalue weighted by Crippen LogP contribution is 2.37. The molecule has 2 atom stereocenters. The third kappa shape index (κ3) is 2.84. The van der Waals surface area contributed by atoms with E-state index in [1.807, 2.05) is 18.2 Å². The lowest BCUT2D eigenvalue weighted by Crippen LogP contribution is -2.46. The maximum atomic E-state index is 12.6. The van der Waals surface area contributed by atoms with Crippen LogP contribution in [0, 0.1) is 13.8 Å². The van der Waals surface area contributed by atoms with Gasteiger partial charge in [-0.3, -0.25) is 4.79 Å². The van der Waals surface area contributed by atoms with Crippen LogP contribution in [0.2, 0.25) is 0 Å². The molecule has 0 bridgehead atoms. The van der Waals surface area contributed by atoms with Crippen LogP contribution in [-0.4, -0.2) is 46.9 Å². The van der Waals surface area contributed by atoms with Gasteiger partial charge in [0.2, 0.25) is 6.79 Å². The molecule has 7 heteroatoms. The molecule has 1 N–H and O–H groups in total. The maximum Gasteiger partial charge on any atom is 0.276 e. The van der Waals surface area contributed by atoms with Crippen LogP contribution in [0.25, 0.3) is 0 Å². The number of aromatic nitrogens is 1. The van der Waals surface area contributed by atoms with Gasteiger partial charge in [-0.25, -0.2) is 4.98 Å². The van der Waals surface area contributed by atoms with E-state index in [-0.39, 0.29) is 25.2 Å². The van der Waals surface area contributed by atoms with Gasteiger partial charge >= 0.3 is 0 Å². The number of nitrogens with zero attached hydrogens (tertiary/aromatic N) is 2. The number of fused-ring (bicyclic) bond motifs is 1. The van der Waals surface area contributed by atoms with Crippen molar-refractivity contribution in [1.82, 2.24) is 9.88 Å². The zero-order valence-electron chi connectivity index (χ0n) is 14.2. The van der Waals surface area contributed by atoms with Crippen molar-refractivity contribution in [2.24, 2.45) is 0 Å². The van der Waals surface area contributed by atoms with Crippen LogP contribution in [0.5, 0.6) is 11.5 Å². The summed E-state index contributed by atoms with van der Waals surface area (Å²) in [5.41, 5.74) is 1.32. The minimum Gasteiger partial charge on any atom is -0.454 e. The largest absolute Gasteiger partial charge is 0.454 e. The Morgan fingerprint density at radius 2 is 2.08 bits per heavy atom. The quantitative estimate of drug-likeness (QED) is 0.897. The van der Waals surface area contributed by atoms with Gasteiger partial charge in [0.15, 0.2) is 23.1 Å². The van der Waals surface area contributed by atoms with Gasteiger partial charge in [0.05, 0.1) is 6.10 Å². The van der Waals surface area contributed by atoms with E-state index < -0.39 is 6.10 Å². The number of aliphatic hydroxyl groups excluding tert-OH is 1. The van der Waals surface area contributed by atoms with Crippen molar-refractivity contribution in [3.8, 4) is 11.5 Å². The standard InChI is InChI=1S/C18H20N2O5/c1-10-17(19-11(2)25-10)18(22)20-6-5-13(14(21)8-20)12-3-4-15-16(7-12)24-9-23-15/h3-4,7,13-14,21H,5-6,8-9H2,1-2H3/t13-,14+/m1/s1. The fraction of sp³-hybridized carbons (Fsp3) is 0.444. The average molecular weight is 344 g/mol. The Labute approximate surface area is 145 Å². The molecule has 25 heavy (non-hydrogen) atoms. The molecule has 1 fully saturated rings. The molecule has 1 aromatic carbocycles. The molecule has 0 unspecified atom stereocenters. The van der Waals surface area contributed by atoms with Crippen molar-refractivity contribution in [3.05, 3.63) is 41.1 Å². The molecular formula is C18H20N2O5. The summed E-state index contributed by atoms with van der Waals surface area (Å²) in [5.74, 6) is 2.17. The van der Waals surface area contributed by atoms with E-state index in [1.165, 1.54) is 0 Å². The number of aryl methyl sites for hydroxylation is 2. The molecule has 4 rings (SSSR count). The van der Waals surface area contributed by atoms with Gasteiger partial charge in [0.1, 0.15) is 5.76 Å². The van der Waals surface area contributed by atoms with Crippen LogP contribution in [0.3, 0.4) is 0 Å². The fourth-order valence-corrected chi connectivity index (χ4v) is 3.53. The van der Waals surface area contributed by atoms with Crippen molar-refractivity contribution < 1.29 is 23.8 Å². The van der Waals surface area contributed by atoms with Crippen LogP contribution >= 0.6 is 0 Å². The topological polar surface area (TPSA) is 85.0 Å². The monoisotopic (exact) mass is 344 g/mol. The summed E-state index contributed by atoms with van der Waals surface area (Å²) in [6.07, 6.45) is 0.0222. The van der Waals surface area contributed by atoms with Gasteiger partial charge in [0, 0.05) is 25.9 Å².